The van der Waals surface area contributed by atoms with Gasteiger partial charge in [-0.05, 0) is 43.6 Å². The Morgan fingerprint density at radius 2 is 1.93 bits per heavy atom. The van der Waals surface area contributed by atoms with Gasteiger partial charge in [-0.3, -0.25) is 14.8 Å². The maximum absolute atomic E-state index is 12.4. The number of hydrogen-bond acceptors (Lipinski definition) is 6. The van der Waals surface area contributed by atoms with E-state index >= 15 is 0 Å². The zero-order valence-corrected chi connectivity index (χ0v) is 15.4. The number of ether oxygens (including phenoxy) is 1. The van der Waals surface area contributed by atoms with Crippen molar-refractivity contribution in [3.8, 4) is 5.75 Å². The molecule has 3 aromatic rings. The first-order chi connectivity index (χ1) is 13.2. The normalized spacial score (nSPS) is 15.1. The number of piperidine rings is 1. The summed E-state index contributed by atoms with van der Waals surface area (Å²) in [5, 5.41) is 6.17. The van der Waals surface area contributed by atoms with Crippen LogP contribution < -0.4 is 15.6 Å². The van der Waals surface area contributed by atoms with Gasteiger partial charge in [0, 0.05) is 19.2 Å². The fourth-order valence-electron chi connectivity index (χ4n) is 3.36. The van der Waals surface area contributed by atoms with Crippen LogP contribution in [-0.4, -0.2) is 44.7 Å². The van der Waals surface area contributed by atoms with Crippen LogP contribution in [0.3, 0.4) is 0 Å². The van der Waals surface area contributed by atoms with Gasteiger partial charge >= 0.3 is 0 Å². The Labute approximate surface area is 157 Å². The second kappa shape index (κ2) is 7.79. The van der Waals surface area contributed by atoms with Crippen LogP contribution in [0.15, 0.2) is 35.1 Å². The fraction of sp³-hybridized carbons (Fsp3) is 0.421. The Morgan fingerprint density at radius 1 is 1.15 bits per heavy atom. The number of aromatic nitrogens is 4. The van der Waals surface area contributed by atoms with Crippen LogP contribution in [0.1, 0.15) is 30.5 Å². The molecule has 0 saturated carbocycles. The Hall–Kier alpha value is -2.87. The van der Waals surface area contributed by atoms with Gasteiger partial charge in [-0.1, -0.05) is 18.6 Å². The van der Waals surface area contributed by atoms with Crippen LogP contribution in [0, 0.1) is 0 Å². The van der Waals surface area contributed by atoms with E-state index in [2.05, 4.69) is 25.3 Å². The highest BCUT2D eigenvalue weighted by Gasteiger charge is 2.13. The first-order valence-corrected chi connectivity index (χ1v) is 9.29. The van der Waals surface area contributed by atoms with E-state index < -0.39 is 0 Å². The first-order valence-electron chi connectivity index (χ1n) is 9.29. The van der Waals surface area contributed by atoms with Crippen molar-refractivity contribution in [1.29, 1.82) is 0 Å². The molecule has 1 aromatic carbocycles. The number of hydrogen-bond donors (Lipinski definition) is 2. The van der Waals surface area contributed by atoms with Crippen LogP contribution in [-0.2, 0) is 13.1 Å². The summed E-state index contributed by atoms with van der Waals surface area (Å²) in [6.07, 6.45) is 3.71. The first kappa shape index (κ1) is 17.5. The van der Waals surface area contributed by atoms with Crippen molar-refractivity contribution in [1.82, 2.24) is 24.5 Å². The molecule has 2 N–H and O–H groups in total. The van der Waals surface area contributed by atoms with Crippen molar-refractivity contribution >= 4 is 11.7 Å². The van der Waals surface area contributed by atoms with Gasteiger partial charge in [0.15, 0.2) is 0 Å². The number of aromatic amines is 1. The Balaban J connectivity index is 1.47. The van der Waals surface area contributed by atoms with Crippen molar-refractivity contribution in [3.63, 3.8) is 0 Å². The predicted octanol–water partition coefficient (Wildman–Crippen LogP) is 2.02. The van der Waals surface area contributed by atoms with Crippen molar-refractivity contribution in [2.75, 3.05) is 25.5 Å². The van der Waals surface area contributed by atoms with E-state index in [0.29, 0.717) is 24.8 Å². The summed E-state index contributed by atoms with van der Waals surface area (Å²) < 4.78 is 6.53. The van der Waals surface area contributed by atoms with Crippen molar-refractivity contribution in [2.24, 2.45) is 0 Å². The molecule has 0 bridgehead atoms. The summed E-state index contributed by atoms with van der Waals surface area (Å²) >= 11 is 0. The molecular formula is C19H24N6O2. The third kappa shape index (κ3) is 4.11. The SMILES string of the molecule is COc1ccc(CNc2nc3nc(CN4CCCCC4)cc(=O)n3[nH]2)cc1. The van der Waals surface area contributed by atoms with Gasteiger partial charge in [0.2, 0.25) is 5.95 Å². The van der Waals surface area contributed by atoms with E-state index in [1.165, 1.54) is 23.8 Å². The van der Waals surface area contributed by atoms with E-state index in [0.717, 1.165) is 30.1 Å². The zero-order valence-electron chi connectivity index (χ0n) is 15.4. The van der Waals surface area contributed by atoms with Gasteiger partial charge in [0.1, 0.15) is 5.75 Å². The number of anilines is 1. The van der Waals surface area contributed by atoms with E-state index in [1.54, 1.807) is 13.2 Å². The second-order valence-corrected chi connectivity index (χ2v) is 6.83. The number of likely N-dealkylation sites (tertiary alicyclic amines) is 1. The van der Waals surface area contributed by atoms with Crippen LogP contribution in [0.25, 0.3) is 5.78 Å². The minimum absolute atomic E-state index is 0.142. The number of methoxy groups -OCH3 is 1. The number of rotatable bonds is 6. The quantitative estimate of drug-likeness (QED) is 0.692. The molecule has 27 heavy (non-hydrogen) atoms. The van der Waals surface area contributed by atoms with E-state index in [9.17, 15) is 4.79 Å². The minimum Gasteiger partial charge on any atom is -0.497 e. The van der Waals surface area contributed by atoms with Gasteiger partial charge in [-0.2, -0.15) is 9.50 Å². The van der Waals surface area contributed by atoms with Crippen LogP contribution in [0.4, 0.5) is 5.95 Å². The lowest BCUT2D eigenvalue weighted by atomic mass is 10.1. The molecule has 1 saturated heterocycles. The molecule has 2 aromatic heterocycles. The molecule has 8 heteroatoms. The summed E-state index contributed by atoms with van der Waals surface area (Å²) in [7, 11) is 1.64. The van der Waals surface area contributed by atoms with Crippen LogP contribution >= 0.6 is 0 Å². The number of nitrogens with zero attached hydrogens (tertiary/aromatic N) is 4. The molecule has 1 fully saturated rings. The molecule has 0 spiro atoms. The van der Waals surface area contributed by atoms with Gasteiger partial charge in [0.05, 0.1) is 12.8 Å². The Morgan fingerprint density at radius 3 is 2.67 bits per heavy atom. The van der Waals surface area contributed by atoms with Gasteiger partial charge in [-0.25, -0.2) is 4.98 Å². The van der Waals surface area contributed by atoms with Crippen molar-refractivity contribution in [3.05, 3.63) is 51.9 Å². The van der Waals surface area contributed by atoms with E-state index in [-0.39, 0.29) is 5.56 Å². The van der Waals surface area contributed by atoms with Crippen LogP contribution in [0.5, 0.6) is 5.75 Å². The average molecular weight is 368 g/mol. The lowest BCUT2D eigenvalue weighted by molar-refractivity contribution is 0.218. The lowest BCUT2D eigenvalue weighted by Gasteiger charge is -2.25. The van der Waals surface area contributed by atoms with Gasteiger partial charge in [0.25, 0.3) is 11.3 Å². The molecule has 4 rings (SSSR count). The maximum Gasteiger partial charge on any atom is 0.274 e. The number of nitrogens with one attached hydrogen (secondary N) is 2. The zero-order chi connectivity index (χ0) is 18.6. The summed E-state index contributed by atoms with van der Waals surface area (Å²) in [6, 6.07) is 9.38. The third-order valence-electron chi connectivity index (χ3n) is 4.84. The highest BCUT2D eigenvalue weighted by Crippen LogP contribution is 2.13. The van der Waals surface area contributed by atoms with Gasteiger partial charge < -0.3 is 10.1 Å². The Kier molecular flexibility index (Phi) is 5.06. The molecule has 142 valence electrons. The number of benzene rings is 1. The highest BCUT2D eigenvalue weighted by atomic mass is 16.5. The van der Waals surface area contributed by atoms with Crippen LogP contribution in [0.2, 0.25) is 0 Å². The number of H-pyrrole nitrogens is 1. The van der Waals surface area contributed by atoms with Gasteiger partial charge in [-0.15, -0.1) is 0 Å². The maximum atomic E-state index is 12.4. The Bertz CT molecular complexity index is 956. The summed E-state index contributed by atoms with van der Waals surface area (Å²) in [5.41, 5.74) is 1.72. The summed E-state index contributed by atoms with van der Waals surface area (Å²) in [5.74, 6) is 1.73. The molecule has 8 nitrogen and oxygen atoms in total. The monoisotopic (exact) mass is 368 g/mol. The average Bonchev–Trinajstić information content (AvgIpc) is 3.11. The van der Waals surface area contributed by atoms with E-state index in [1.807, 2.05) is 24.3 Å². The molecule has 0 unspecified atom stereocenters. The summed E-state index contributed by atoms with van der Waals surface area (Å²) in [6.45, 7) is 3.42. The largest absolute Gasteiger partial charge is 0.497 e. The molecule has 0 atom stereocenters. The lowest BCUT2D eigenvalue weighted by Crippen LogP contribution is -2.30. The smallest absolute Gasteiger partial charge is 0.274 e. The topological polar surface area (TPSA) is 87.5 Å². The number of fused-ring (bicyclic) bond motifs is 1. The molecule has 1 aliphatic rings. The molecule has 0 amide bonds. The minimum atomic E-state index is -0.142. The van der Waals surface area contributed by atoms with Crippen molar-refractivity contribution in [2.45, 2.75) is 32.4 Å². The highest BCUT2D eigenvalue weighted by molar-refractivity contribution is 5.38. The summed E-state index contributed by atoms with van der Waals surface area (Å²) in [4.78, 5) is 23.7. The molecular weight excluding hydrogens is 344 g/mol. The predicted molar refractivity (Wildman–Crippen MR) is 103 cm³/mol. The molecule has 0 radical (unpaired) electrons. The molecule has 3 heterocycles. The van der Waals surface area contributed by atoms with Crippen molar-refractivity contribution < 1.29 is 4.74 Å². The molecule has 1 aliphatic heterocycles. The fourth-order valence-corrected chi connectivity index (χ4v) is 3.36. The second-order valence-electron chi connectivity index (χ2n) is 6.83. The van der Waals surface area contributed by atoms with E-state index in [4.69, 9.17) is 4.74 Å². The molecule has 0 aliphatic carbocycles. The third-order valence-corrected chi connectivity index (χ3v) is 4.84. The standard InChI is InChI=1S/C19H24N6O2/c1-27-16-7-5-14(6-8-16)12-20-18-22-19-21-15(11-17(26)25(19)23-18)13-24-9-3-2-4-10-24/h5-8,11H,2-4,9-10,12-13H2,1H3,(H2,20,21,22,23).